The van der Waals surface area contributed by atoms with Crippen LogP contribution in [-0.4, -0.2) is 30.7 Å². The standard InChI is InChI=1S/C19H19F3N2O3/c1-12(18(25)23-15-6-4-14(5-7-15)19(20,21)22)24(2)10-13-3-8-16-17(9-13)27-11-26-16/h3-9,12H,10-11H2,1-2H3,(H,23,25). The highest BCUT2D eigenvalue weighted by Gasteiger charge is 2.30. The highest BCUT2D eigenvalue weighted by atomic mass is 19.4. The molecule has 3 rings (SSSR count). The maximum absolute atomic E-state index is 12.6. The zero-order valence-electron chi connectivity index (χ0n) is 14.8. The van der Waals surface area contributed by atoms with Crippen molar-refractivity contribution in [2.75, 3.05) is 19.2 Å². The van der Waals surface area contributed by atoms with Crippen molar-refractivity contribution < 1.29 is 27.4 Å². The summed E-state index contributed by atoms with van der Waals surface area (Å²) < 4.78 is 48.4. The number of benzene rings is 2. The number of hydrogen-bond donors (Lipinski definition) is 1. The maximum atomic E-state index is 12.6. The number of rotatable bonds is 5. The van der Waals surface area contributed by atoms with Crippen LogP contribution in [0.4, 0.5) is 18.9 Å². The van der Waals surface area contributed by atoms with E-state index in [1.165, 1.54) is 12.1 Å². The van der Waals surface area contributed by atoms with Crippen LogP contribution in [0, 0.1) is 0 Å². The number of anilines is 1. The van der Waals surface area contributed by atoms with Gasteiger partial charge in [-0.3, -0.25) is 9.69 Å². The molecule has 0 radical (unpaired) electrons. The monoisotopic (exact) mass is 380 g/mol. The molecule has 8 heteroatoms. The van der Waals surface area contributed by atoms with E-state index in [9.17, 15) is 18.0 Å². The molecule has 1 aliphatic rings. The number of hydrogen-bond acceptors (Lipinski definition) is 4. The molecule has 2 aromatic carbocycles. The Bertz CT molecular complexity index is 822. The van der Waals surface area contributed by atoms with E-state index in [2.05, 4.69) is 5.32 Å². The summed E-state index contributed by atoms with van der Waals surface area (Å²) >= 11 is 0. The van der Waals surface area contributed by atoms with E-state index in [-0.39, 0.29) is 12.7 Å². The summed E-state index contributed by atoms with van der Waals surface area (Å²) in [6.45, 7) is 2.42. The lowest BCUT2D eigenvalue weighted by Crippen LogP contribution is -2.39. The minimum atomic E-state index is -4.40. The first kappa shape index (κ1) is 19.0. The van der Waals surface area contributed by atoms with Crippen LogP contribution in [0.1, 0.15) is 18.1 Å². The molecular weight excluding hydrogens is 361 g/mol. The first-order valence-corrected chi connectivity index (χ1v) is 8.31. The smallest absolute Gasteiger partial charge is 0.416 e. The van der Waals surface area contributed by atoms with Crippen molar-refractivity contribution in [3.8, 4) is 11.5 Å². The van der Waals surface area contributed by atoms with Gasteiger partial charge in [-0.05, 0) is 55.9 Å². The number of amides is 1. The van der Waals surface area contributed by atoms with E-state index in [1.54, 1.807) is 14.0 Å². The Morgan fingerprint density at radius 1 is 1.15 bits per heavy atom. The summed E-state index contributed by atoms with van der Waals surface area (Å²) in [6.07, 6.45) is -4.40. The number of ether oxygens (including phenoxy) is 2. The second-order valence-electron chi connectivity index (χ2n) is 6.34. The number of fused-ring (bicyclic) bond motifs is 1. The average molecular weight is 380 g/mol. The van der Waals surface area contributed by atoms with Gasteiger partial charge in [0.15, 0.2) is 11.5 Å². The van der Waals surface area contributed by atoms with Crippen LogP contribution in [0.3, 0.4) is 0 Å². The number of nitrogens with zero attached hydrogens (tertiary/aromatic N) is 1. The molecule has 0 bridgehead atoms. The van der Waals surface area contributed by atoms with Crippen LogP contribution in [0.25, 0.3) is 0 Å². The third-order valence-corrected chi connectivity index (χ3v) is 4.39. The van der Waals surface area contributed by atoms with E-state index in [1.807, 2.05) is 23.1 Å². The summed E-state index contributed by atoms with van der Waals surface area (Å²) in [5, 5.41) is 2.64. The van der Waals surface area contributed by atoms with Gasteiger partial charge < -0.3 is 14.8 Å². The Morgan fingerprint density at radius 3 is 2.48 bits per heavy atom. The SMILES string of the molecule is CC(C(=O)Nc1ccc(C(F)(F)F)cc1)N(C)Cc1ccc2c(c1)OCO2. The van der Waals surface area contributed by atoms with Crippen LogP contribution >= 0.6 is 0 Å². The Morgan fingerprint density at radius 2 is 1.81 bits per heavy atom. The molecular formula is C19H19F3N2O3. The van der Waals surface area contributed by atoms with Crippen molar-refractivity contribution in [2.24, 2.45) is 0 Å². The predicted molar refractivity (Wildman–Crippen MR) is 93.6 cm³/mol. The highest BCUT2D eigenvalue weighted by Crippen LogP contribution is 2.33. The Kier molecular flexibility index (Phi) is 5.27. The largest absolute Gasteiger partial charge is 0.454 e. The molecule has 0 aliphatic carbocycles. The molecule has 27 heavy (non-hydrogen) atoms. The Labute approximate surface area is 154 Å². The van der Waals surface area contributed by atoms with Gasteiger partial charge in [0.25, 0.3) is 0 Å². The summed E-state index contributed by atoms with van der Waals surface area (Å²) in [5.74, 6) is 1.05. The van der Waals surface area contributed by atoms with E-state index in [4.69, 9.17) is 9.47 Å². The minimum absolute atomic E-state index is 0.195. The summed E-state index contributed by atoms with van der Waals surface area (Å²) in [5.41, 5.74) is 0.515. The first-order valence-electron chi connectivity index (χ1n) is 8.31. The highest BCUT2D eigenvalue weighted by molar-refractivity contribution is 5.94. The molecule has 0 aromatic heterocycles. The quantitative estimate of drug-likeness (QED) is 0.855. The molecule has 1 amide bonds. The molecule has 1 N–H and O–H groups in total. The fourth-order valence-electron chi connectivity index (χ4n) is 2.65. The number of carbonyl (C=O) groups is 1. The lowest BCUT2D eigenvalue weighted by Gasteiger charge is -2.24. The normalized spacial score (nSPS) is 14.3. The molecule has 2 aromatic rings. The molecule has 5 nitrogen and oxygen atoms in total. The van der Waals surface area contributed by atoms with Gasteiger partial charge >= 0.3 is 6.18 Å². The number of nitrogens with one attached hydrogen (secondary N) is 1. The second-order valence-corrected chi connectivity index (χ2v) is 6.34. The van der Waals surface area contributed by atoms with Crippen LogP contribution < -0.4 is 14.8 Å². The van der Waals surface area contributed by atoms with E-state index >= 15 is 0 Å². The lowest BCUT2D eigenvalue weighted by atomic mass is 10.1. The number of carbonyl (C=O) groups excluding carboxylic acids is 1. The van der Waals surface area contributed by atoms with Crippen LogP contribution in [0.5, 0.6) is 11.5 Å². The van der Waals surface area contributed by atoms with Crippen molar-refractivity contribution in [1.82, 2.24) is 4.90 Å². The van der Waals surface area contributed by atoms with Gasteiger partial charge in [-0.1, -0.05) is 6.07 Å². The van der Waals surface area contributed by atoms with Crippen LogP contribution in [0.15, 0.2) is 42.5 Å². The van der Waals surface area contributed by atoms with Crippen molar-refractivity contribution in [1.29, 1.82) is 0 Å². The van der Waals surface area contributed by atoms with Crippen LogP contribution in [0.2, 0.25) is 0 Å². The summed E-state index contributed by atoms with van der Waals surface area (Å²) in [4.78, 5) is 14.2. The summed E-state index contributed by atoms with van der Waals surface area (Å²) in [6, 6.07) is 9.45. The molecule has 0 saturated carbocycles. The zero-order chi connectivity index (χ0) is 19.6. The molecule has 0 saturated heterocycles. The van der Waals surface area contributed by atoms with E-state index < -0.39 is 17.8 Å². The van der Waals surface area contributed by atoms with E-state index in [0.29, 0.717) is 23.7 Å². The first-order chi connectivity index (χ1) is 12.7. The van der Waals surface area contributed by atoms with Gasteiger partial charge in [-0.15, -0.1) is 0 Å². The topological polar surface area (TPSA) is 50.8 Å². The average Bonchev–Trinajstić information content (AvgIpc) is 3.08. The molecule has 1 heterocycles. The fourth-order valence-corrected chi connectivity index (χ4v) is 2.65. The van der Waals surface area contributed by atoms with Crippen LogP contribution in [-0.2, 0) is 17.5 Å². The number of halogens is 3. The molecule has 0 fully saturated rings. The van der Waals surface area contributed by atoms with E-state index in [0.717, 1.165) is 17.7 Å². The predicted octanol–water partition coefficient (Wildman–Crippen LogP) is 3.89. The molecule has 1 atom stereocenters. The van der Waals surface area contributed by atoms with Gasteiger partial charge in [0.05, 0.1) is 11.6 Å². The van der Waals surface area contributed by atoms with Gasteiger partial charge in [-0.25, -0.2) is 0 Å². The van der Waals surface area contributed by atoms with Gasteiger partial charge in [-0.2, -0.15) is 13.2 Å². The third-order valence-electron chi connectivity index (χ3n) is 4.39. The van der Waals surface area contributed by atoms with Gasteiger partial charge in [0, 0.05) is 12.2 Å². The minimum Gasteiger partial charge on any atom is -0.454 e. The van der Waals surface area contributed by atoms with Crippen molar-refractivity contribution in [3.63, 3.8) is 0 Å². The van der Waals surface area contributed by atoms with Gasteiger partial charge in [0.1, 0.15) is 0 Å². The third kappa shape index (κ3) is 4.51. The molecule has 0 spiro atoms. The zero-order valence-corrected chi connectivity index (χ0v) is 14.8. The second kappa shape index (κ2) is 7.48. The van der Waals surface area contributed by atoms with Crippen molar-refractivity contribution >= 4 is 11.6 Å². The number of likely N-dealkylation sites (N-methyl/N-ethyl adjacent to an activating group) is 1. The van der Waals surface area contributed by atoms with Crippen molar-refractivity contribution in [2.45, 2.75) is 25.7 Å². The van der Waals surface area contributed by atoms with Gasteiger partial charge in [0.2, 0.25) is 12.7 Å². The maximum Gasteiger partial charge on any atom is 0.416 e. The van der Waals surface area contributed by atoms with Crippen molar-refractivity contribution in [3.05, 3.63) is 53.6 Å². The Balaban J connectivity index is 1.59. The number of alkyl halides is 3. The molecule has 144 valence electrons. The lowest BCUT2D eigenvalue weighted by molar-refractivity contribution is -0.137. The molecule has 1 aliphatic heterocycles. The fraction of sp³-hybridized carbons (Fsp3) is 0.316. The summed E-state index contributed by atoms with van der Waals surface area (Å²) in [7, 11) is 1.79. The molecule has 1 unspecified atom stereocenters. The Hall–Kier alpha value is -2.74.